The van der Waals surface area contributed by atoms with Crippen LogP contribution in [0.1, 0.15) is 18.4 Å². The van der Waals surface area contributed by atoms with E-state index in [1.54, 1.807) is 5.43 Å². The van der Waals surface area contributed by atoms with Gasteiger partial charge in [0.15, 0.2) is 23.3 Å². The first-order valence-electron chi connectivity index (χ1n) is 9.39. The number of alkyl halides is 3. The number of anilines is 1. The summed E-state index contributed by atoms with van der Waals surface area (Å²) in [6.07, 6.45) is -5.14. The predicted molar refractivity (Wildman–Crippen MR) is 101 cm³/mol. The van der Waals surface area contributed by atoms with E-state index in [4.69, 9.17) is 0 Å². The van der Waals surface area contributed by atoms with Crippen LogP contribution in [-0.2, 0) is 21.0 Å². The highest BCUT2D eigenvalue weighted by atomic mass is 32.2. The average Bonchev–Trinajstić information content (AvgIpc) is 2.77. The van der Waals surface area contributed by atoms with Crippen molar-refractivity contribution in [1.82, 2.24) is 9.73 Å². The third-order valence-electron chi connectivity index (χ3n) is 5.06. The summed E-state index contributed by atoms with van der Waals surface area (Å²) in [5.41, 5.74) is 1.09. The first-order valence-corrected chi connectivity index (χ1v) is 10.8. The lowest BCUT2D eigenvalue weighted by atomic mass is 9.98. The summed E-state index contributed by atoms with van der Waals surface area (Å²) in [4.78, 5) is 11.3. The fourth-order valence-electron chi connectivity index (χ4n) is 3.33. The van der Waals surface area contributed by atoms with Crippen LogP contribution in [0, 0.1) is 29.2 Å². The molecule has 1 amide bonds. The molecule has 3 rings (SSSR count). The Morgan fingerprint density at radius 3 is 2.06 bits per heavy atom. The van der Waals surface area contributed by atoms with Crippen molar-refractivity contribution < 1.29 is 43.9 Å². The van der Waals surface area contributed by atoms with Gasteiger partial charge in [0.1, 0.15) is 5.69 Å². The minimum absolute atomic E-state index is 0.00916. The summed E-state index contributed by atoms with van der Waals surface area (Å²) >= 11 is 0. The van der Waals surface area contributed by atoms with E-state index in [1.807, 2.05) is 5.43 Å². The molecule has 0 unspecified atom stereocenters. The van der Waals surface area contributed by atoms with E-state index in [-0.39, 0.29) is 32.0 Å². The number of carbonyl (C=O) groups is 1. The lowest BCUT2D eigenvalue weighted by molar-refractivity contribution is -0.139. The number of hydrazine groups is 1. The van der Waals surface area contributed by atoms with Crippen LogP contribution in [0.15, 0.2) is 35.2 Å². The molecule has 0 spiro atoms. The Morgan fingerprint density at radius 2 is 1.52 bits per heavy atom. The van der Waals surface area contributed by atoms with Crippen LogP contribution in [0.25, 0.3) is 0 Å². The van der Waals surface area contributed by atoms with Crippen molar-refractivity contribution in [2.45, 2.75) is 23.9 Å². The van der Waals surface area contributed by atoms with E-state index in [1.165, 1.54) is 0 Å². The summed E-state index contributed by atoms with van der Waals surface area (Å²) < 4.78 is 120. The van der Waals surface area contributed by atoms with E-state index in [0.717, 1.165) is 22.5 Å². The Hall–Kier alpha value is -2.87. The second-order valence-corrected chi connectivity index (χ2v) is 9.04. The van der Waals surface area contributed by atoms with Crippen LogP contribution >= 0.6 is 0 Å². The Morgan fingerprint density at radius 1 is 0.970 bits per heavy atom. The monoisotopic (exact) mass is 499 g/mol. The normalized spacial score (nSPS) is 16.0. The van der Waals surface area contributed by atoms with Gasteiger partial charge in [-0.25, -0.2) is 26.0 Å². The van der Waals surface area contributed by atoms with Gasteiger partial charge in [-0.05, 0) is 25.0 Å². The molecule has 1 heterocycles. The molecule has 1 aliphatic rings. The second kappa shape index (κ2) is 9.17. The van der Waals surface area contributed by atoms with E-state index in [0.29, 0.717) is 6.07 Å². The number of hydrogen-bond acceptors (Lipinski definition) is 4. The molecule has 1 fully saturated rings. The SMILES string of the molecule is O=C(NNc1c(F)c(F)cc(F)c1F)C1CCN(S(=O)(=O)c2ccccc2C(F)(F)F)CC1. The largest absolute Gasteiger partial charge is 0.417 e. The molecule has 0 atom stereocenters. The van der Waals surface area contributed by atoms with Gasteiger partial charge in [-0.1, -0.05) is 12.1 Å². The third kappa shape index (κ3) is 5.05. The lowest BCUT2D eigenvalue weighted by Gasteiger charge is -2.31. The Kier molecular flexibility index (Phi) is 6.88. The molecule has 0 bridgehead atoms. The Labute approximate surface area is 183 Å². The van der Waals surface area contributed by atoms with Gasteiger partial charge in [0.05, 0.1) is 10.5 Å². The number of nitrogens with zero attached hydrogens (tertiary/aromatic N) is 1. The second-order valence-electron chi connectivity index (χ2n) is 7.13. The number of rotatable bonds is 5. The van der Waals surface area contributed by atoms with Crippen molar-refractivity contribution in [3.8, 4) is 0 Å². The molecule has 180 valence electrons. The standard InChI is InChI=1S/C19H16F7N3O3S/c20-12-9-13(21)16(23)17(15(12)22)27-28-18(30)10-5-7-29(8-6-10)33(31,32)14-4-2-1-3-11(14)19(24,25)26/h1-4,9-10,27H,5-8H2,(H,28,30). The fourth-order valence-corrected chi connectivity index (χ4v) is 5.01. The van der Waals surface area contributed by atoms with Gasteiger partial charge >= 0.3 is 6.18 Å². The van der Waals surface area contributed by atoms with Crippen LogP contribution in [0.2, 0.25) is 0 Å². The third-order valence-corrected chi connectivity index (χ3v) is 7.01. The molecule has 2 aromatic rings. The molecular formula is C19H16F7N3O3S. The maximum absolute atomic E-state index is 13.6. The molecule has 1 saturated heterocycles. The van der Waals surface area contributed by atoms with Gasteiger partial charge in [-0.15, -0.1) is 0 Å². The van der Waals surface area contributed by atoms with Gasteiger partial charge in [0, 0.05) is 25.1 Å². The molecule has 14 heteroatoms. The predicted octanol–water partition coefficient (Wildman–Crippen LogP) is 3.81. The van der Waals surface area contributed by atoms with Crippen LogP contribution < -0.4 is 10.9 Å². The van der Waals surface area contributed by atoms with Crippen molar-refractivity contribution in [2.24, 2.45) is 5.92 Å². The molecule has 1 aliphatic heterocycles. The van der Waals surface area contributed by atoms with Gasteiger partial charge in [0.25, 0.3) is 0 Å². The van der Waals surface area contributed by atoms with Crippen LogP contribution in [0.4, 0.5) is 36.4 Å². The number of nitrogens with one attached hydrogen (secondary N) is 2. The molecule has 2 N–H and O–H groups in total. The van der Waals surface area contributed by atoms with Crippen LogP contribution in [0.3, 0.4) is 0 Å². The van der Waals surface area contributed by atoms with Crippen molar-refractivity contribution in [3.63, 3.8) is 0 Å². The molecule has 0 aromatic heterocycles. The zero-order chi connectivity index (χ0) is 24.6. The summed E-state index contributed by atoms with van der Waals surface area (Å²) in [5.74, 6) is -8.65. The molecule has 0 radical (unpaired) electrons. The van der Waals surface area contributed by atoms with Gasteiger partial charge in [-0.3, -0.25) is 15.6 Å². The topological polar surface area (TPSA) is 78.5 Å². The maximum atomic E-state index is 13.6. The molecule has 0 aliphatic carbocycles. The van der Waals surface area contributed by atoms with Crippen LogP contribution in [0.5, 0.6) is 0 Å². The summed E-state index contributed by atoms with van der Waals surface area (Å²) in [5, 5.41) is 0. The number of piperidine rings is 1. The number of sulfonamides is 1. The lowest BCUT2D eigenvalue weighted by Crippen LogP contribution is -2.44. The fraction of sp³-hybridized carbons (Fsp3) is 0.316. The quantitative estimate of drug-likeness (QED) is 0.373. The smallest absolute Gasteiger partial charge is 0.293 e. The Bertz CT molecular complexity index is 1140. The van der Waals surface area contributed by atoms with Crippen molar-refractivity contribution in [2.75, 3.05) is 18.5 Å². The molecule has 0 saturated carbocycles. The summed E-state index contributed by atoms with van der Waals surface area (Å²) in [6, 6.07) is 3.68. The first kappa shape index (κ1) is 24.8. The number of halogens is 7. The molecule has 33 heavy (non-hydrogen) atoms. The van der Waals surface area contributed by atoms with E-state index in [9.17, 15) is 43.9 Å². The number of benzene rings is 2. The van der Waals surface area contributed by atoms with Crippen molar-refractivity contribution >= 4 is 21.6 Å². The number of hydrogen-bond donors (Lipinski definition) is 2. The van der Waals surface area contributed by atoms with Gasteiger partial charge < -0.3 is 0 Å². The number of amides is 1. The highest BCUT2D eigenvalue weighted by Gasteiger charge is 2.40. The maximum Gasteiger partial charge on any atom is 0.417 e. The number of carbonyl (C=O) groups excluding carboxylic acids is 1. The van der Waals surface area contributed by atoms with E-state index >= 15 is 0 Å². The minimum Gasteiger partial charge on any atom is -0.293 e. The first-order chi connectivity index (χ1) is 15.3. The molecular weight excluding hydrogens is 483 g/mol. The van der Waals surface area contributed by atoms with Gasteiger partial charge in [-0.2, -0.15) is 17.5 Å². The van der Waals surface area contributed by atoms with E-state index in [2.05, 4.69) is 0 Å². The summed E-state index contributed by atoms with van der Waals surface area (Å²) in [6.45, 7) is -0.603. The van der Waals surface area contributed by atoms with Crippen molar-refractivity contribution in [1.29, 1.82) is 0 Å². The average molecular weight is 499 g/mol. The highest BCUT2D eigenvalue weighted by Crippen LogP contribution is 2.36. The zero-order valence-corrected chi connectivity index (χ0v) is 17.3. The summed E-state index contributed by atoms with van der Waals surface area (Å²) in [7, 11) is -4.52. The van der Waals surface area contributed by atoms with Crippen molar-refractivity contribution in [3.05, 3.63) is 59.2 Å². The molecule has 2 aromatic carbocycles. The zero-order valence-electron chi connectivity index (χ0n) is 16.5. The van der Waals surface area contributed by atoms with Gasteiger partial charge in [0.2, 0.25) is 15.9 Å². The molecule has 6 nitrogen and oxygen atoms in total. The van der Waals surface area contributed by atoms with Crippen LogP contribution in [-0.4, -0.2) is 31.7 Å². The Balaban J connectivity index is 1.67. The highest BCUT2D eigenvalue weighted by molar-refractivity contribution is 7.89. The van der Waals surface area contributed by atoms with E-state index < -0.39 is 67.4 Å². The minimum atomic E-state index is -4.89.